The second-order valence-corrected chi connectivity index (χ2v) is 8.31. The molecule has 8 heteroatoms. The van der Waals surface area contributed by atoms with Crippen LogP contribution in [-0.2, 0) is 0 Å². The zero-order valence-corrected chi connectivity index (χ0v) is 16.1. The monoisotopic (exact) mass is 401 g/mol. The molecule has 0 bridgehead atoms. The summed E-state index contributed by atoms with van der Waals surface area (Å²) >= 11 is 7.35. The predicted molar refractivity (Wildman–Crippen MR) is 102 cm³/mol. The van der Waals surface area contributed by atoms with E-state index in [0.717, 1.165) is 43.3 Å². The first-order valence-corrected chi connectivity index (χ1v) is 9.63. The third-order valence-corrected chi connectivity index (χ3v) is 5.97. The van der Waals surface area contributed by atoms with Gasteiger partial charge in [0.15, 0.2) is 11.5 Å². The highest BCUT2D eigenvalue weighted by molar-refractivity contribution is 7.19. The van der Waals surface area contributed by atoms with Crippen LogP contribution in [0.1, 0.15) is 36.2 Å². The largest absolute Gasteiger partial charge is 0.355 e. The lowest BCUT2D eigenvalue weighted by atomic mass is 10.0. The maximum Gasteiger partial charge on any atom is 0.276 e. The van der Waals surface area contributed by atoms with E-state index in [4.69, 9.17) is 16.1 Å². The predicted octanol–water partition coefficient (Wildman–Crippen LogP) is 4.08. The minimum atomic E-state index is -0.0479. The van der Waals surface area contributed by atoms with Crippen LogP contribution >= 0.6 is 35.3 Å². The SMILES string of the molecule is Cl.O=C(c1cc(-c2ccc(Cl)s2)on1)N1CCC(NCC2CC2)CC1. The van der Waals surface area contributed by atoms with E-state index in [-0.39, 0.29) is 18.3 Å². The van der Waals surface area contributed by atoms with Gasteiger partial charge in [0, 0.05) is 25.2 Å². The number of carbonyl (C=O) groups excluding carboxylic acids is 1. The summed E-state index contributed by atoms with van der Waals surface area (Å²) in [5.74, 6) is 1.44. The number of rotatable bonds is 5. The molecule has 1 aliphatic heterocycles. The molecule has 0 atom stereocenters. The van der Waals surface area contributed by atoms with E-state index < -0.39 is 0 Å². The molecule has 0 radical (unpaired) electrons. The van der Waals surface area contributed by atoms with Crippen molar-refractivity contribution in [2.45, 2.75) is 31.7 Å². The Hall–Kier alpha value is -1.08. The van der Waals surface area contributed by atoms with E-state index in [2.05, 4.69) is 10.5 Å². The van der Waals surface area contributed by atoms with Gasteiger partial charge in [0.2, 0.25) is 0 Å². The maximum absolute atomic E-state index is 12.6. The Morgan fingerprint density at radius 3 is 2.72 bits per heavy atom. The number of halogens is 2. The van der Waals surface area contributed by atoms with Crippen molar-refractivity contribution in [1.82, 2.24) is 15.4 Å². The molecule has 5 nitrogen and oxygen atoms in total. The Bertz CT molecular complexity index is 721. The number of aromatic nitrogens is 1. The van der Waals surface area contributed by atoms with E-state index in [1.54, 1.807) is 6.07 Å². The van der Waals surface area contributed by atoms with Crippen LogP contribution in [0.3, 0.4) is 0 Å². The van der Waals surface area contributed by atoms with Crippen molar-refractivity contribution >= 4 is 41.3 Å². The van der Waals surface area contributed by atoms with E-state index in [1.807, 2.05) is 17.0 Å². The molecule has 0 unspecified atom stereocenters. The van der Waals surface area contributed by atoms with Crippen molar-refractivity contribution in [3.8, 4) is 10.6 Å². The Morgan fingerprint density at radius 2 is 2.08 bits per heavy atom. The summed E-state index contributed by atoms with van der Waals surface area (Å²) in [6.07, 6.45) is 4.75. The highest BCUT2D eigenvalue weighted by Gasteiger charge is 2.27. The average Bonchev–Trinajstić information content (AvgIpc) is 3.12. The number of nitrogens with zero attached hydrogens (tertiary/aromatic N) is 2. The van der Waals surface area contributed by atoms with Gasteiger partial charge in [-0.05, 0) is 50.3 Å². The highest BCUT2D eigenvalue weighted by Crippen LogP contribution is 2.31. The fourth-order valence-electron chi connectivity index (χ4n) is 3.04. The lowest BCUT2D eigenvalue weighted by Crippen LogP contribution is -2.45. The minimum Gasteiger partial charge on any atom is -0.355 e. The summed E-state index contributed by atoms with van der Waals surface area (Å²) in [7, 11) is 0. The van der Waals surface area contributed by atoms with Gasteiger partial charge in [-0.3, -0.25) is 4.79 Å². The van der Waals surface area contributed by atoms with Gasteiger partial charge in [-0.2, -0.15) is 0 Å². The fraction of sp³-hybridized carbons (Fsp3) is 0.529. The van der Waals surface area contributed by atoms with Gasteiger partial charge in [0.05, 0.1) is 9.21 Å². The van der Waals surface area contributed by atoms with Crippen molar-refractivity contribution in [1.29, 1.82) is 0 Å². The lowest BCUT2D eigenvalue weighted by molar-refractivity contribution is 0.0694. The number of hydrogen-bond donors (Lipinski definition) is 1. The van der Waals surface area contributed by atoms with Gasteiger partial charge in [-0.1, -0.05) is 16.8 Å². The third-order valence-electron chi connectivity index (χ3n) is 4.72. The standard InChI is InChI=1S/C17H20ClN3O2S.ClH/c18-16-4-3-15(24-16)14-9-13(20-23-14)17(22)21-7-5-12(6-8-21)19-10-11-1-2-11;/h3-4,9,11-12,19H,1-2,5-8,10H2;1H. The van der Waals surface area contributed by atoms with Crippen LogP contribution in [0.2, 0.25) is 4.34 Å². The molecule has 1 saturated carbocycles. The summed E-state index contributed by atoms with van der Waals surface area (Å²) < 4.78 is 6.00. The van der Waals surface area contributed by atoms with Crippen LogP contribution in [0.15, 0.2) is 22.7 Å². The fourth-order valence-corrected chi connectivity index (χ4v) is 4.03. The van der Waals surface area contributed by atoms with Crippen molar-refractivity contribution in [3.63, 3.8) is 0 Å². The molecule has 1 saturated heterocycles. The first-order valence-electron chi connectivity index (χ1n) is 8.44. The number of amides is 1. The third kappa shape index (κ3) is 4.56. The van der Waals surface area contributed by atoms with Crippen LogP contribution in [0.4, 0.5) is 0 Å². The van der Waals surface area contributed by atoms with Gasteiger partial charge in [0.25, 0.3) is 5.91 Å². The van der Waals surface area contributed by atoms with Crippen LogP contribution in [-0.4, -0.2) is 41.6 Å². The van der Waals surface area contributed by atoms with Crippen molar-refractivity contribution in [2.75, 3.05) is 19.6 Å². The molecular formula is C17H21Cl2N3O2S. The Balaban J connectivity index is 0.00000182. The first-order chi connectivity index (χ1) is 11.7. The van der Waals surface area contributed by atoms with Gasteiger partial charge < -0.3 is 14.7 Å². The van der Waals surface area contributed by atoms with Crippen LogP contribution in [0.5, 0.6) is 0 Å². The molecule has 4 rings (SSSR count). The summed E-state index contributed by atoms with van der Waals surface area (Å²) in [6.45, 7) is 2.68. The van der Waals surface area contributed by atoms with Crippen molar-refractivity contribution in [3.05, 3.63) is 28.2 Å². The van der Waals surface area contributed by atoms with E-state index >= 15 is 0 Å². The number of likely N-dealkylation sites (tertiary alicyclic amines) is 1. The van der Waals surface area contributed by atoms with E-state index in [9.17, 15) is 4.79 Å². The molecule has 1 amide bonds. The smallest absolute Gasteiger partial charge is 0.276 e. The molecule has 1 N–H and O–H groups in total. The van der Waals surface area contributed by atoms with Gasteiger partial charge in [-0.15, -0.1) is 23.7 Å². The summed E-state index contributed by atoms with van der Waals surface area (Å²) in [6, 6.07) is 5.93. The Kier molecular flexibility index (Phi) is 6.04. The number of thiophene rings is 1. The maximum atomic E-state index is 12.6. The van der Waals surface area contributed by atoms with Crippen molar-refractivity contribution < 1.29 is 9.32 Å². The summed E-state index contributed by atoms with van der Waals surface area (Å²) in [5, 5.41) is 7.57. The van der Waals surface area contributed by atoms with Crippen LogP contribution in [0, 0.1) is 5.92 Å². The molecular weight excluding hydrogens is 381 g/mol. The zero-order valence-electron chi connectivity index (χ0n) is 13.7. The number of hydrogen-bond acceptors (Lipinski definition) is 5. The number of nitrogens with one attached hydrogen (secondary N) is 1. The molecule has 2 fully saturated rings. The molecule has 3 heterocycles. The molecule has 1 aliphatic carbocycles. The second-order valence-electron chi connectivity index (χ2n) is 6.60. The summed E-state index contributed by atoms with van der Waals surface area (Å²) in [5.41, 5.74) is 0.374. The van der Waals surface area contributed by atoms with Gasteiger partial charge >= 0.3 is 0 Å². The van der Waals surface area contributed by atoms with E-state index in [1.165, 1.54) is 24.2 Å². The molecule has 0 aromatic carbocycles. The molecule has 136 valence electrons. The lowest BCUT2D eigenvalue weighted by Gasteiger charge is -2.32. The van der Waals surface area contributed by atoms with Gasteiger partial charge in [0.1, 0.15) is 0 Å². The normalized spacial score (nSPS) is 18.2. The molecule has 25 heavy (non-hydrogen) atoms. The number of piperidine rings is 1. The van der Waals surface area contributed by atoms with Gasteiger partial charge in [-0.25, -0.2) is 0 Å². The molecule has 2 aromatic rings. The highest BCUT2D eigenvalue weighted by atomic mass is 35.5. The quantitative estimate of drug-likeness (QED) is 0.819. The Morgan fingerprint density at radius 1 is 1.32 bits per heavy atom. The number of carbonyl (C=O) groups is 1. The molecule has 0 spiro atoms. The second kappa shape index (κ2) is 8.08. The Labute approximate surface area is 162 Å². The average molecular weight is 402 g/mol. The van der Waals surface area contributed by atoms with Crippen molar-refractivity contribution in [2.24, 2.45) is 5.92 Å². The topological polar surface area (TPSA) is 58.4 Å². The minimum absolute atomic E-state index is 0. The molecule has 2 aliphatic rings. The van der Waals surface area contributed by atoms with Crippen LogP contribution < -0.4 is 5.32 Å². The zero-order chi connectivity index (χ0) is 16.5. The first kappa shape index (κ1) is 18.7. The van der Waals surface area contributed by atoms with Crippen LogP contribution in [0.25, 0.3) is 10.6 Å². The van der Waals surface area contributed by atoms with E-state index in [0.29, 0.717) is 21.8 Å². The molecule has 2 aromatic heterocycles. The summed E-state index contributed by atoms with van der Waals surface area (Å²) in [4.78, 5) is 15.3.